The SMILES string of the molecule is O=C(Cc1ccc(-n2nccc2NC(=O)Nc2ccc(Oc3ccncc3)cc2)cc1)NCCO. The number of benzene rings is 2. The minimum Gasteiger partial charge on any atom is -0.457 e. The predicted molar refractivity (Wildman–Crippen MR) is 131 cm³/mol. The van der Waals surface area contributed by atoms with Gasteiger partial charge in [-0.25, -0.2) is 9.48 Å². The summed E-state index contributed by atoms with van der Waals surface area (Å²) in [5, 5.41) is 21.2. The number of pyridine rings is 1. The zero-order valence-corrected chi connectivity index (χ0v) is 18.7. The van der Waals surface area contributed by atoms with Gasteiger partial charge in [0.1, 0.15) is 17.3 Å². The maximum Gasteiger partial charge on any atom is 0.324 e. The summed E-state index contributed by atoms with van der Waals surface area (Å²) in [6, 6.07) is 19.0. The fraction of sp³-hybridized carbons (Fsp3) is 0.120. The number of carbonyl (C=O) groups is 2. The highest BCUT2D eigenvalue weighted by atomic mass is 16.5. The van der Waals surface area contributed by atoms with E-state index in [2.05, 4.69) is 26.0 Å². The highest BCUT2D eigenvalue weighted by molar-refractivity contribution is 5.99. The second-order valence-electron chi connectivity index (χ2n) is 7.43. The number of nitrogens with zero attached hydrogens (tertiary/aromatic N) is 3. The van der Waals surface area contributed by atoms with Crippen molar-refractivity contribution in [2.45, 2.75) is 6.42 Å². The average Bonchev–Trinajstić information content (AvgIpc) is 3.33. The molecule has 0 aliphatic carbocycles. The number of rotatable bonds is 9. The van der Waals surface area contributed by atoms with Crippen molar-refractivity contribution in [3.63, 3.8) is 0 Å². The van der Waals surface area contributed by atoms with Crippen molar-refractivity contribution < 1.29 is 19.4 Å². The number of ether oxygens (including phenoxy) is 1. The number of aliphatic hydroxyl groups is 1. The van der Waals surface area contributed by atoms with Gasteiger partial charge in [-0.05, 0) is 54.1 Å². The molecule has 0 bridgehead atoms. The van der Waals surface area contributed by atoms with E-state index in [0.717, 1.165) is 11.3 Å². The summed E-state index contributed by atoms with van der Waals surface area (Å²) in [5.74, 6) is 1.62. The monoisotopic (exact) mass is 472 g/mol. The van der Waals surface area contributed by atoms with Crippen molar-refractivity contribution in [1.29, 1.82) is 0 Å². The lowest BCUT2D eigenvalue weighted by Gasteiger charge is -2.11. The summed E-state index contributed by atoms with van der Waals surface area (Å²) in [7, 11) is 0. The standard InChI is InChI=1S/C25H24N6O4/c32-16-15-27-24(33)17-18-1-5-20(6-2-18)31-23(11-14-28-31)30-25(34)29-19-3-7-21(8-4-19)35-22-9-12-26-13-10-22/h1-14,32H,15-17H2,(H,27,33)(H2,29,30,34). The lowest BCUT2D eigenvalue weighted by Crippen LogP contribution is -2.27. The van der Waals surface area contributed by atoms with E-state index in [0.29, 0.717) is 23.0 Å². The first kappa shape index (κ1) is 23.5. The van der Waals surface area contributed by atoms with Gasteiger partial charge in [-0.3, -0.25) is 15.1 Å². The van der Waals surface area contributed by atoms with E-state index in [9.17, 15) is 9.59 Å². The fourth-order valence-electron chi connectivity index (χ4n) is 3.23. The van der Waals surface area contributed by atoms with E-state index in [1.165, 1.54) is 0 Å². The van der Waals surface area contributed by atoms with Crippen LogP contribution in [0.3, 0.4) is 0 Å². The van der Waals surface area contributed by atoms with Gasteiger partial charge in [0.25, 0.3) is 0 Å². The number of aromatic nitrogens is 3. The van der Waals surface area contributed by atoms with E-state index >= 15 is 0 Å². The molecule has 178 valence electrons. The molecule has 2 aromatic heterocycles. The molecule has 35 heavy (non-hydrogen) atoms. The predicted octanol–water partition coefficient (Wildman–Crippen LogP) is 3.35. The van der Waals surface area contributed by atoms with E-state index < -0.39 is 6.03 Å². The Balaban J connectivity index is 1.34. The number of aliphatic hydroxyl groups excluding tert-OH is 1. The molecule has 2 aromatic carbocycles. The van der Waals surface area contributed by atoms with E-state index in [4.69, 9.17) is 9.84 Å². The van der Waals surface area contributed by atoms with Crippen molar-refractivity contribution in [2.75, 3.05) is 23.8 Å². The van der Waals surface area contributed by atoms with Gasteiger partial charge in [0, 0.05) is 30.7 Å². The molecule has 0 aliphatic rings. The second-order valence-corrected chi connectivity index (χ2v) is 7.43. The first-order valence-corrected chi connectivity index (χ1v) is 10.9. The van der Waals surface area contributed by atoms with Gasteiger partial charge in [0.15, 0.2) is 0 Å². The third-order valence-electron chi connectivity index (χ3n) is 4.86. The summed E-state index contributed by atoms with van der Waals surface area (Å²) in [4.78, 5) is 28.3. The number of anilines is 2. The van der Waals surface area contributed by atoms with Crippen molar-refractivity contribution in [3.8, 4) is 17.2 Å². The number of hydrogen-bond donors (Lipinski definition) is 4. The molecule has 4 aromatic rings. The van der Waals surface area contributed by atoms with Gasteiger partial charge < -0.3 is 20.5 Å². The molecule has 0 radical (unpaired) electrons. The van der Waals surface area contributed by atoms with Gasteiger partial charge in [-0.1, -0.05) is 12.1 Å². The Morgan fingerprint density at radius 3 is 2.29 bits per heavy atom. The molecule has 0 unspecified atom stereocenters. The number of urea groups is 1. The molecule has 2 heterocycles. The van der Waals surface area contributed by atoms with Crippen LogP contribution in [0, 0.1) is 0 Å². The normalized spacial score (nSPS) is 10.4. The maximum absolute atomic E-state index is 12.5. The minimum absolute atomic E-state index is 0.0978. The van der Waals surface area contributed by atoms with Gasteiger partial charge in [-0.2, -0.15) is 5.10 Å². The second kappa shape index (κ2) is 11.4. The summed E-state index contributed by atoms with van der Waals surface area (Å²) >= 11 is 0. The summed E-state index contributed by atoms with van der Waals surface area (Å²) in [5.41, 5.74) is 2.14. The minimum atomic E-state index is -0.424. The van der Waals surface area contributed by atoms with Crippen LogP contribution >= 0.6 is 0 Å². The van der Waals surface area contributed by atoms with Crippen LogP contribution in [-0.4, -0.2) is 45.0 Å². The van der Waals surface area contributed by atoms with Gasteiger partial charge in [0.05, 0.1) is 24.9 Å². The third kappa shape index (κ3) is 6.65. The average molecular weight is 473 g/mol. The summed E-state index contributed by atoms with van der Waals surface area (Å²) < 4.78 is 7.31. The molecule has 0 saturated heterocycles. The first-order chi connectivity index (χ1) is 17.1. The summed E-state index contributed by atoms with van der Waals surface area (Å²) in [6.45, 7) is 0.129. The van der Waals surface area contributed by atoms with Gasteiger partial charge in [0.2, 0.25) is 5.91 Å². The lowest BCUT2D eigenvalue weighted by molar-refractivity contribution is -0.120. The molecule has 4 N–H and O–H groups in total. The Morgan fingerprint density at radius 2 is 1.57 bits per heavy atom. The zero-order chi connectivity index (χ0) is 24.5. The van der Waals surface area contributed by atoms with Crippen LogP contribution in [0.5, 0.6) is 11.5 Å². The molecule has 10 heteroatoms. The molecule has 0 saturated carbocycles. The van der Waals surface area contributed by atoms with E-state index in [1.807, 2.05) is 24.3 Å². The van der Waals surface area contributed by atoms with Crippen molar-refractivity contribution in [3.05, 3.63) is 90.9 Å². The quantitative estimate of drug-likeness (QED) is 0.296. The highest BCUT2D eigenvalue weighted by Crippen LogP contribution is 2.22. The zero-order valence-electron chi connectivity index (χ0n) is 18.7. The Bertz CT molecular complexity index is 1260. The Morgan fingerprint density at radius 1 is 0.857 bits per heavy atom. The molecule has 0 fully saturated rings. The molecular formula is C25H24N6O4. The first-order valence-electron chi connectivity index (χ1n) is 10.9. The lowest BCUT2D eigenvalue weighted by atomic mass is 10.1. The van der Waals surface area contributed by atoms with Crippen LogP contribution in [-0.2, 0) is 11.2 Å². The smallest absolute Gasteiger partial charge is 0.324 e. The van der Waals surface area contributed by atoms with Crippen LogP contribution in [0.1, 0.15) is 5.56 Å². The van der Waals surface area contributed by atoms with Crippen molar-refractivity contribution in [2.24, 2.45) is 0 Å². The van der Waals surface area contributed by atoms with Crippen LogP contribution in [0.25, 0.3) is 5.69 Å². The molecule has 0 aliphatic heterocycles. The number of amides is 3. The Labute approximate surface area is 201 Å². The van der Waals surface area contributed by atoms with E-state index in [-0.39, 0.29) is 25.5 Å². The number of nitrogens with one attached hydrogen (secondary N) is 3. The molecule has 0 atom stereocenters. The van der Waals surface area contributed by atoms with Gasteiger partial charge in [-0.15, -0.1) is 0 Å². The maximum atomic E-state index is 12.5. The molecule has 3 amide bonds. The van der Waals surface area contributed by atoms with Crippen molar-refractivity contribution >= 4 is 23.4 Å². The Kier molecular flexibility index (Phi) is 7.66. The van der Waals surface area contributed by atoms with Crippen LogP contribution in [0.2, 0.25) is 0 Å². The summed E-state index contributed by atoms with van der Waals surface area (Å²) in [6.07, 6.45) is 5.08. The highest BCUT2D eigenvalue weighted by Gasteiger charge is 2.10. The van der Waals surface area contributed by atoms with E-state index in [1.54, 1.807) is 65.7 Å². The largest absolute Gasteiger partial charge is 0.457 e. The van der Waals surface area contributed by atoms with Crippen LogP contribution in [0.15, 0.2) is 85.3 Å². The number of hydrogen-bond acceptors (Lipinski definition) is 6. The fourth-order valence-corrected chi connectivity index (χ4v) is 3.23. The van der Waals surface area contributed by atoms with Crippen molar-refractivity contribution in [1.82, 2.24) is 20.1 Å². The Hall–Kier alpha value is -4.70. The molecule has 0 spiro atoms. The van der Waals surface area contributed by atoms with Gasteiger partial charge >= 0.3 is 6.03 Å². The molecule has 10 nitrogen and oxygen atoms in total. The van der Waals surface area contributed by atoms with Crippen LogP contribution < -0.4 is 20.7 Å². The topological polar surface area (TPSA) is 130 Å². The van der Waals surface area contributed by atoms with Crippen LogP contribution in [0.4, 0.5) is 16.3 Å². The number of carbonyl (C=O) groups excluding carboxylic acids is 2. The molecular weight excluding hydrogens is 448 g/mol. The third-order valence-corrected chi connectivity index (χ3v) is 4.86. The molecule has 4 rings (SSSR count).